The lowest BCUT2D eigenvalue weighted by Gasteiger charge is -2.20. The summed E-state index contributed by atoms with van der Waals surface area (Å²) in [6, 6.07) is 23.4. The molecule has 0 heterocycles. The summed E-state index contributed by atoms with van der Waals surface area (Å²) in [6.07, 6.45) is 0. The van der Waals surface area contributed by atoms with Gasteiger partial charge in [-0.05, 0) is 41.0 Å². The Hall–Kier alpha value is -2.32. The van der Waals surface area contributed by atoms with Crippen molar-refractivity contribution < 1.29 is 0 Å². The molecule has 3 rings (SSSR count). The molecule has 0 radical (unpaired) electrons. The van der Waals surface area contributed by atoms with Crippen LogP contribution in [0.15, 0.2) is 66.7 Å². The Morgan fingerprint density at radius 2 is 1.62 bits per heavy atom. The quantitative estimate of drug-likeness (QED) is 0.747. The molecule has 0 bridgehead atoms. The predicted octanol–water partition coefficient (Wildman–Crippen LogP) is 4.26. The lowest BCUT2D eigenvalue weighted by molar-refractivity contribution is 0.790. The molecule has 106 valence electrons. The first-order valence-electron chi connectivity index (χ1n) is 7.29. The van der Waals surface area contributed by atoms with Crippen molar-refractivity contribution in [1.82, 2.24) is 0 Å². The van der Waals surface area contributed by atoms with Crippen LogP contribution in [0.3, 0.4) is 0 Å². The Balaban J connectivity index is 1.93. The lowest BCUT2D eigenvalue weighted by atomic mass is 10.0. The number of nitrogens with one attached hydrogen (secondary N) is 1. The number of anilines is 1. The maximum atomic E-state index is 5.98. The molecule has 3 aromatic rings. The third-order valence-electron chi connectivity index (χ3n) is 3.89. The Morgan fingerprint density at radius 3 is 2.38 bits per heavy atom. The van der Waals surface area contributed by atoms with Crippen LogP contribution < -0.4 is 11.1 Å². The number of rotatable bonds is 4. The minimum atomic E-state index is 0.121. The fourth-order valence-electron chi connectivity index (χ4n) is 2.63. The van der Waals surface area contributed by atoms with E-state index in [-0.39, 0.29) is 6.04 Å². The zero-order chi connectivity index (χ0) is 14.7. The van der Waals surface area contributed by atoms with Crippen molar-refractivity contribution in [3.8, 4) is 0 Å². The molecule has 2 nitrogen and oxygen atoms in total. The van der Waals surface area contributed by atoms with E-state index in [0.717, 1.165) is 5.69 Å². The second kappa shape index (κ2) is 5.98. The van der Waals surface area contributed by atoms with Crippen LogP contribution in [0, 0.1) is 6.92 Å². The predicted molar refractivity (Wildman–Crippen MR) is 90.5 cm³/mol. The van der Waals surface area contributed by atoms with Crippen molar-refractivity contribution in [2.45, 2.75) is 13.0 Å². The summed E-state index contributed by atoms with van der Waals surface area (Å²) >= 11 is 0. The van der Waals surface area contributed by atoms with Gasteiger partial charge in [0.1, 0.15) is 0 Å². The maximum absolute atomic E-state index is 5.98. The molecule has 1 unspecified atom stereocenters. The highest BCUT2D eigenvalue weighted by atomic mass is 14.9. The summed E-state index contributed by atoms with van der Waals surface area (Å²) in [6.45, 7) is 2.67. The maximum Gasteiger partial charge on any atom is 0.0636 e. The normalized spacial score (nSPS) is 12.3. The number of fused-ring (bicyclic) bond motifs is 1. The summed E-state index contributed by atoms with van der Waals surface area (Å²) in [5.41, 5.74) is 9.58. The van der Waals surface area contributed by atoms with Crippen LogP contribution in [0.1, 0.15) is 17.2 Å². The van der Waals surface area contributed by atoms with Gasteiger partial charge in [0.15, 0.2) is 0 Å². The fraction of sp³-hybridized carbons (Fsp3) is 0.158. The number of para-hydroxylation sites is 1. The minimum absolute atomic E-state index is 0.121. The second-order valence-electron chi connectivity index (χ2n) is 5.35. The van der Waals surface area contributed by atoms with Gasteiger partial charge in [0.2, 0.25) is 0 Å². The van der Waals surface area contributed by atoms with Crippen molar-refractivity contribution >= 4 is 16.5 Å². The first-order valence-corrected chi connectivity index (χ1v) is 7.29. The van der Waals surface area contributed by atoms with Gasteiger partial charge in [0.05, 0.1) is 6.04 Å². The van der Waals surface area contributed by atoms with E-state index in [9.17, 15) is 0 Å². The van der Waals surface area contributed by atoms with E-state index < -0.39 is 0 Å². The van der Waals surface area contributed by atoms with Crippen LogP contribution in [0.5, 0.6) is 0 Å². The van der Waals surface area contributed by atoms with Crippen LogP contribution in [-0.4, -0.2) is 6.54 Å². The molecule has 0 spiro atoms. The van der Waals surface area contributed by atoms with Crippen LogP contribution >= 0.6 is 0 Å². The fourth-order valence-corrected chi connectivity index (χ4v) is 2.63. The van der Waals surface area contributed by atoms with E-state index >= 15 is 0 Å². The molecule has 0 aromatic heterocycles. The third-order valence-corrected chi connectivity index (χ3v) is 3.89. The van der Waals surface area contributed by atoms with Crippen molar-refractivity contribution in [2.24, 2.45) is 5.73 Å². The number of aryl methyl sites for hydroxylation is 1. The smallest absolute Gasteiger partial charge is 0.0636 e. The second-order valence-corrected chi connectivity index (χ2v) is 5.35. The molecule has 3 aromatic carbocycles. The van der Waals surface area contributed by atoms with E-state index in [4.69, 9.17) is 5.73 Å². The third kappa shape index (κ3) is 2.91. The van der Waals surface area contributed by atoms with Gasteiger partial charge in [-0.2, -0.15) is 0 Å². The van der Waals surface area contributed by atoms with Crippen LogP contribution in [0.4, 0.5) is 5.69 Å². The molecule has 0 fully saturated rings. The summed E-state index contributed by atoms with van der Waals surface area (Å²) < 4.78 is 0. The summed E-state index contributed by atoms with van der Waals surface area (Å²) in [4.78, 5) is 0. The number of hydrogen-bond acceptors (Lipinski definition) is 2. The van der Waals surface area contributed by atoms with Gasteiger partial charge < -0.3 is 11.1 Å². The van der Waals surface area contributed by atoms with E-state index in [1.54, 1.807) is 0 Å². The van der Waals surface area contributed by atoms with Crippen molar-refractivity contribution in [2.75, 3.05) is 11.9 Å². The molecule has 0 aliphatic carbocycles. The molecule has 2 heteroatoms. The summed E-state index contributed by atoms with van der Waals surface area (Å²) in [7, 11) is 0. The number of hydrogen-bond donors (Lipinski definition) is 2. The van der Waals surface area contributed by atoms with E-state index in [1.165, 1.54) is 21.9 Å². The highest BCUT2D eigenvalue weighted by Crippen LogP contribution is 2.24. The van der Waals surface area contributed by atoms with Crippen LogP contribution in [0.2, 0.25) is 0 Å². The zero-order valence-electron chi connectivity index (χ0n) is 12.2. The summed E-state index contributed by atoms with van der Waals surface area (Å²) in [5.74, 6) is 0. The molecule has 1 atom stereocenters. The molecule has 0 aliphatic rings. The highest BCUT2D eigenvalue weighted by Gasteiger charge is 2.11. The monoisotopic (exact) mass is 276 g/mol. The average molecular weight is 276 g/mol. The largest absolute Gasteiger partial charge is 0.377 e. The highest BCUT2D eigenvalue weighted by molar-refractivity contribution is 5.83. The van der Waals surface area contributed by atoms with E-state index in [0.29, 0.717) is 6.54 Å². The van der Waals surface area contributed by atoms with Crippen molar-refractivity contribution in [3.63, 3.8) is 0 Å². The Morgan fingerprint density at radius 1 is 0.905 bits per heavy atom. The Labute approximate surface area is 125 Å². The van der Waals surface area contributed by atoms with Gasteiger partial charge >= 0.3 is 0 Å². The molecule has 0 saturated heterocycles. The first-order chi connectivity index (χ1) is 10.3. The van der Waals surface area contributed by atoms with Gasteiger partial charge in [-0.1, -0.05) is 54.6 Å². The average Bonchev–Trinajstić information content (AvgIpc) is 2.54. The molecule has 3 N–H and O–H groups in total. The van der Waals surface area contributed by atoms with E-state index in [1.807, 2.05) is 12.1 Å². The molecule has 21 heavy (non-hydrogen) atoms. The SMILES string of the molecule is Cc1ccccc1NC(CN)c1ccc2ccccc2c1. The van der Waals surface area contributed by atoms with Gasteiger partial charge in [0.25, 0.3) is 0 Å². The minimum Gasteiger partial charge on any atom is -0.377 e. The Kier molecular flexibility index (Phi) is 3.89. The topological polar surface area (TPSA) is 38.0 Å². The van der Waals surface area contributed by atoms with Crippen LogP contribution in [0.25, 0.3) is 10.8 Å². The van der Waals surface area contributed by atoms with E-state index in [2.05, 4.69) is 66.8 Å². The zero-order valence-corrected chi connectivity index (χ0v) is 12.2. The number of nitrogens with two attached hydrogens (primary N) is 1. The van der Waals surface area contributed by atoms with Gasteiger partial charge in [-0.25, -0.2) is 0 Å². The van der Waals surface area contributed by atoms with Crippen molar-refractivity contribution in [1.29, 1.82) is 0 Å². The molecule has 0 saturated carbocycles. The lowest BCUT2D eigenvalue weighted by Crippen LogP contribution is -2.21. The van der Waals surface area contributed by atoms with Gasteiger partial charge in [0, 0.05) is 12.2 Å². The molecule has 0 amide bonds. The molecular formula is C19H20N2. The van der Waals surface area contributed by atoms with Crippen LogP contribution in [-0.2, 0) is 0 Å². The number of benzene rings is 3. The first kappa shape index (κ1) is 13.7. The van der Waals surface area contributed by atoms with Gasteiger partial charge in [-0.3, -0.25) is 0 Å². The molecular weight excluding hydrogens is 256 g/mol. The van der Waals surface area contributed by atoms with Crippen molar-refractivity contribution in [3.05, 3.63) is 77.9 Å². The summed E-state index contributed by atoms with van der Waals surface area (Å²) in [5, 5.41) is 6.06. The van der Waals surface area contributed by atoms with Gasteiger partial charge in [-0.15, -0.1) is 0 Å². The molecule has 0 aliphatic heterocycles. The standard InChI is InChI=1S/C19H20N2/c1-14-6-2-5-9-18(14)21-19(13-20)17-11-10-15-7-3-4-8-16(15)12-17/h2-12,19,21H,13,20H2,1H3. The Bertz CT molecular complexity index is 749.